The number of hydrogen-bond donors (Lipinski definition) is 8. The van der Waals surface area contributed by atoms with E-state index in [2.05, 4.69) is 11.9 Å². The number of rotatable bonds is 21. The number of ether oxygens (including phenoxy) is 16. The Kier molecular flexibility index (Phi) is 23.0. The van der Waals surface area contributed by atoms with Crippen molar-refractivity contribution < 1.29 is 126 Å². The van der Waals surface area contributed by atoms with Crippen molar-refractivity contribution in [2.24, 2.45) is 16.7 Å². The largest absolute Gasteiger partial charge is 0.458 e. The highest BCUT2D eigenvalue weighted by atomic mass is 16.8. The summed E-state index contributed by atoms with van der Waals surface area (Å²) in [6.45, 7) is 11.8. The number of carbonyl (C=O) groups is 2. The Labute approximate surface area is 565 Å². The fourth-order valence-corrected chi connectivity index (χ4v) is 17.5. The SMILES string of the molecule is COC1CC(OC2CCC3(C)C(=CCC4(O)C3CC(OC(=O)C=Cc3ccccc3)C3(C)C(O)(C(C)OC(=O)c5cccnc5)CCC43O)C2)OC(C)C1OC1CC(OC)C(OC2CC(OC)C(OC3OC(C)C(OC4OC(CO)C(O)C(O)C4O)C(OC)C3O)C(C)O2)C(C)O1. The molecule has 27 heteroatoms. The molecule has 0 spiro atoms. The third-order valence-corrected chi connectivity index (χ3v) is 23.1. The topological polar surface area (TPSA) is 357 Å². The van der Waals surface area contributed by atoms with Crippen LogP contribution < -0.4 is 0 Å². The molecule has 0 amide bonds. The minimum Gasteiger partial charge on any atom is -0.458 e. The van der Waals surface area contributed by atoms with Crippen molar-refractivity contribution in [3.05, 3.63) is 83.7 Å². The highest BCUT2D eigenvalue weighted by Crippen LogP contribution is 2.71. The first-order valence-electron chi connectivity index (χ1n) is 34.1. The number of aromatic nitrogens is 1. The van der Waals surface area contributed by atoms with Crippen LogP contribution in [0.2, 0.25) is 0 Å². The molecule has 0 bridgehead atoms. The van der Waals surface area contributed by atoms with Crippen molar-refractivity contribution in [2.45, 2.75) is 283 Å². The lowest BCUT2D eigenvalue weighted by Crippen LogP contribution is -2.78. The van der Waals surface area contributed by atoms with Gasteiger partial charge in [-0.1, -0.05) is 55.8 Å². The van der Waals surface area contributed by atoms with Gasteiger partial charge in [-0.05, 0) is 109 Å². The van der Waals surface area contributed by atoms with Gasteiger partial charge in [0.05, 0.1) is 66.4 Å². The Hall–Kier alpha value is -4.09. The number of aliphatic hydroxyl groups is 8. The average Bonchev–Trinajstić information content (AvgIpc) is 1.58. The zero-order chi connectivity index (χ0) is 69.7. The normalized spacial score (nSPS) is 46.5. The Bertz CT molecular complexity index is 3020. The van der Waals surface area contributed by atoms with Crippen LogP contribution in [-0.4, -0.2) is 263 Å². The Morgan fingerprint density at radius 3 is 1.80 bits per heavy atom. The monoisotopic (exact) mass is 1370 g/mol. The summed E-state index contributed by atoms with van der Waals surface area (Å²) in [5.41, 5.74) is -6.30. The second-order valence-electron chi connectivity index (χ2n) is 28.4. The molecule has 4 aliphatic carbocycles. The van der Waals surface area contributed by atoms with Crippen LogP contribution in [0.1, 0.15) is 129 Å². The van der Waals surface area contributed by atoms with Crippen LogP contribution in [-0.2, 0) is 80.6 Å². The van der Waals surface area contributed by atoms with Gasteiger partial charge in [-0.25, -0.2) is 9.59 Å². The lowest BCUT2D eigenvalue weighted by molar-refractivity contribution is -0.374. The number of benzene rings is 1. The third-order valence-electron chi connectivity index (χ3n) is 23.1. The van der Waals surface area contributed by atoms with Gasteiger partial charge in [-0.2, -0.15) is 0 Å². The first-order chi connectivity index (χ1) is 46.2. The number of esters is 2. The molecule has 8 N–H and O–H groups in total. The van der Waals surface area contributed by atoms with Gasteiger partial charge < -0.3 is 117 Å². The van der Waals surface area contributed by atoms with E-state index in [1.165, 1.54) is 32.7 Å². The molecule has 3 saturated carbocycles. The van der Waals surface area contributed by atoms with Crippen LogP contribution in [0, 0.1) is 16.7 Å². The van der Waals surface area contributed by atoms with Crippen molar-refractivity contribution in [3.8, 4) is 0 Å². The molecule has 1 aromatic carbocycles. The maximum absolute atomic E-state index is 14.0. The van der Waals surface area contributed by atoms with E-state index in [9.17, 15) is 50.4 Å². The number of fused-ring (bicyclic) bond motifs is 5. The number of aliphatic hydroxyl groups excluding tert-OH is 5. The molecule has 542 valence electrons. The summed E-state index contributed by atoms with van der Waals surface area (Å²) >= 11 is 0. The first-order valence-corrected chi connectivity index (χ1v) is 34.1. The Morgan fingerprint density at radius 2 is 1.23 bits per heavy atom. The fraction of sp³-hybridized carbons (Fsp3) is 0.757. The lowest BCUT2D eigenvalue weighted by atomic mass is 9.42. The number of hydrogen-bond acceptors (Lipinski definition) is 27. The van der Waals surface area contributed by atoms with Gasteiger partial charge in [0, 0.05) is 72.1 Å². The molecule has 2 aromatic rings. The zero-order valence-corrected chi connectivity index (χ0v) is 57.1. The second kappa shape index (κ2) is 30.1. The predicted octanol–water partition coefficient (Wildman–Crippen LogP) is 3.08. The number of carbonyl (C=O) groups excluding carboxylic acids is 2. The van der Waals surface area contributed by atoms with E-state index >= 15 is 0 Å². The van der Waals surface area contributed by atoms with E-state index in [-0.39, 0.29) is 50.2 Å². The maximum Gasteiger partial charge on any atom is 0.340 e. The average molecular weight is 1370 g/mol. The van der Waals surface area contributed by atoms with Gasteiger partial charge in [-0.3, -0.25) is 4.98 Å². The van der Waals surface area contributed by atoms with Crippen molar-refractivity contribution in [2.75, 3.05) is 35.0 Å². The third kappa shape index (κ3) is 13.9. The maximum atomic E-state index is 14.0. The minimum atomic E-state index is -2.03. The summed E-state index contributed by atoms with van der Waals surface area (Å²) in [6.07, 6.45) is -13.3. The summed E-state index contributed by atoms with van der Waals surface area (Å²) in [7, 11) is 6.10. The van der Waals surface area contributed by atoms with Gasteiger partial charge in [-0.15, -0.1) is 0 Å². The quantitative estimate of drug-likeness (QED) is 0.0506. The van der Waals surface area contributed by atoms with E-state index in [4.69, 9.17) is 75.8 Å². The van der Waals surface area contributed by atoms with E-state index < -0.39 is 200 Å². The van der Waals surface area contributed by atoms with Crippen LogP contribution >= 0.6 is 0 Å². The standard InChI is InChI=1S/C70H101NO26/c1-35-58(94-52-30-45(83-9)59(36(2)87-52)95-53-31-46(84-10)60(37(3)88-53)96-65-57(77)62(85-11)61(38(4)89-65)97-64-56(76)55(75)54(74)47(34-72)92-64)44(82-8)29-51(86-35)91-43-22-23-66(6)42(28-43)21-24-69(80)48(66)32-49(93-50(73)20-19-40-16-13-12-14-17-40)67(7)68(79,25-26-70(67,69)81)39(5)90-63(78)41-18-15-27-71-33-41/h12-21,27,33,35-39,43-49,51-62,64-65,72,74-77,79-81H,22-26,28-32,34H2,1-11H3. The highest BCUT2D eigenvalue weighted by molar-refractivity contribution is 5.89. The van der Waals surface area contributed by atoms with Crippen molar-refractivity contribution in [1.29, 1.82) is 0 Å². The van der Waals surface area contributed by atoms with Crippen molar-refractivity contribution in [1.82, 2.24) is 4.98 Å². The van der Waals surface area contributed by atoms with Crippen LogP contribution in [0.25, 0.3) is 6.08 Å². The molecule has 9 aliphatic rings. The molecule has 5 aliphatic heterocycles. The molecular formula is C70H101NO26. The molecule has 11 rings (SSSR count). The fourth-order valence-electron chi connectivity index (χ4n) is 17.5. The number of pyridine rings is 1. The molecule has 27 nitrogen and oxygen atoms in total. The van der Waals surface area contributed by atoms with E-state index in [1.807, 2.05) is 50.3 Å². The Balaban J connectivity index is 0.698. The lowest BCUT2D eigenvalue weighted by Gasteiger charge is -2.67. The van der Waals surface area contributed by atoms with E-state index in [0.29, 0.717) is 25.7 Å². The second-order valence-corrected chi connectivity index (χ2v) is 28.4. The summed E-state index contributed by atoms with van der Waals surface area (Å²) < 4.78 is 100. The van der Waals surface area contributed by atoms with Gasteiger partial charge >= 0.3 is 11.9 Å². The summed E-state index contributed by atoms with van der Waals surface area (Å²) in [6, 6.07) is 12.4. The summed E-state index contributed by atoms with van der Waals surface area (Å²) in [5, 5.41) is 92.5. The Morgan fingerprint density at radius 1 is 0.649 bits per heavy atom. The molecule has 97 heavy (non-hydrogen) atoms. The van der Waals surface area contributed by atoms with Crippen LogP contribution in [0.4, 0.5) is 0 Å². The molecular weight excluding hydrogens is 1270 g/mol. The smallest absolute Gasteiger partial charge is 0.340 e. The van der Waals surface area contributed by atoms with E-state index in [1.54, 1.807) is 60.1 Å². The van der Waals surface area contributed by atoms with Crippen LogP contribution in [0.15, 0.2) is 72.6 Å². The number of nitrogens with zero attached hydrogens (tertiary/aromatic N) is 1. The molecule has 6 heterocycles. The van der Waals surface area contributed by atoms with Gasteiger partial charge in [0.1, 0.15) is 90.1 Å². The molecule has 8 fully saturated rings. The summed E-state index contributed by atoms with van der Waals surface area (Å²) in [5.74, 6) is -2.07. The van der Waals surface area contributed by atoms with Crippen molar-refractivity contribution in [3.63, 3.8) is 0 Å². The molecule has 0 radical (unpaired) electrons. The van der Waals surface area contributed by atoms with Gasteiger partial charge in [0.2, 0.25) is 0 Å². The zero-order valence-electron chi connectivity index (χ0n) is 57.1. The molecule has 31 atom stereocenters. The molecule has 5 saturated heterocycles. The van der Waals surface area contributed by atoms with Crippen LogP contribution in [0.5, 0.6) is 0 Å². The summed E-state index contributed by atoms with van der Waals surface area (Å²) in [4.78, 5) is 31.6. The van der Waals surface area contributed by atoms with Crippen LogP contribution in [0.3, 0.4) is 0 Å². The number of methoxy groups -OCH3 is 4. The molecule has 1 aromatic heterocycles. The minimum absolute atomic E-state index is 0.0383. The van der Waals surface area contributed by atoms with E-state index in [0.717, 1.165) is 11.1 Å². The van der Waals surface area contributed by atoms with Crippen molar-refractivity contribution >= 4 is 18.0 Å². The predicted molar refractivity (Wildman–Crippen MR) is 338 cm³/mol. The highest BCUT2D eigenvalue weighted by Gasteiger charge is 2.82. The first kappa shape index (κ1) is 74.1. The van der Waals surface area contributed by atoms with Gasteiger partial charge in [0.15, 0.2) is 31.5 Å². The molecule has 31 unspecified atom stereocenters. The van der Waals surface area contributed by atoms with Gasteiger partial charge in [0.25, 0.3) is 0 Å².